The molecule has 0 aliphatic heterocycles. The summed E-state index contributed by atoms with van der Waals surface area (Å²) < 4.78 is 21.4. The van der Waals surface area contributed by atoms with Gasteiger partial charge in [-0.2, -0.15) is 25.3 Å². The lowest BCUT2D eigenvalue weighted by molar-refractivity contribution is -0.146. The van der Waals surface area contributed by atoms with Gasteiger partial charge in [-0.15, -0.1) is 0 Å². The van der Waals surface area contributed by atoms with Crippen LogP contribution in [0.25, 0.3) is 0 Å². The van der Waals surface area contributed by atoms with E-state index in [2.05, 4.69) is 25.3 Å². The summed E-state index contributed by atoms with van der Waals surface area (Å²) >= 11 is 8.42. The van der Waals surface area contributed by atoms with Gasteiger partial charge in [0.05, 0.1) is 39.3 Å². The van der Waals surface area contributed by atoms with Crippen LogP contribution < -0.4 is 0 Å². The molecule has 34 heavy (non-hydrogen) atoms. The highest BCUT2D eigenvalue weighted by Gasteiger charge is 2.26. The molecule has 2 rings (SSSR count). The number of rotatable bonds is 12. The van der Waals surface area contributed by atoms with Crippen LogP contribution in [-0.2, 0) is 28.5 Å². The van der Waals surface area contributed by atoms with Gasteiger partial charge in [0.2, 0.25) is 0 Å². The van der Waals surface area contributed by atoms with Crippen LogP contribution in [0.3, 0.4) is 0 Å². The predicted molar refractivity (Wildman–Crippen MR) is 136 cm³/mol. The minimum absolute atomic E-state index is 0.0128. The molecule has 0 saturated heterocycles. The molecule has 0 radical (unpaired) electrons. The average Bonchev–Trinajstić information content (AvgIpc) is 2.79. The molecule has 0 aromatic heterocycles. The maximum Gasteiger partial charge on any atom is 0.508 e. The number of esters is 2. The Morgan fingerprint density at radius 3 is 1.12 bits per heavy atom. The van der Waals surface area contributed by atoms with Gasteiger partial charge in [0.15, 0.2) is 0 Å². The van der Waals surface area contributed by atoms with E-state index in [1.54, 1.807) is 0 Å². The van der Waals surface area contributed by atoms with Crippen LogP contribution in [0.15, 0.2) is 0 Å². The van der Waals surface area contributed by atoms with E-state index >= 15 is 0 Å². The lowest BCUT2D eigenvalue weighted by Crippen LogP contribution is -2.26. The number of hydrogen-bond donors (Lipinski definition) is 2. The van der Waals surface area contributed by atoms with Crippen molar-refractivity contribution in [1.29, 1.82) is 0 Å². The summed E-state index contributed by atoms with van der Waals surface area (Å²) in [6, 6.07) is 0. The minimum atomic E-state index is -0.589. The zero-order chi connectivity index (χ0) is 24.9. The molecule has 7 nitrogen and oxygen atoms in total. The van der Waals surface area contributed by atoms with E-state index in [1.165, 1.54) is 0 Å². The third kappa shape index (κ3) is 12.6. The molecule has 0 bridgehead atoms. The smallest absolute Gasteiger partial charge is 0.465 e. The third-order valence-corrected chi connectivity index (χ3v) is 7.06. The zero-order valence-corrected chi connectivity index (χ0v) is 22.4. The van der Waals surface area contributed by atoms with Crippen molar-refractivity contribution < 1.29 is 33.3 Å². The van der Waals surface area contributed by atoms with E-state index in [0.717, 1.165) is 51.4 Å². The van der Waals surface area contributed by atoms with Crippen molar-refractivity contribution in [3.8, 4) is 0 Å². The fraction of sp³-hybridized carbons (Fsp3) is 0.880. The van der Waals surface area contributed by atoms with Gasteiger partial charge in [0, 0.05) is 10.5 Å². The molecule has 196 valence electrons. The van der Waals surface area contributed by atoms with E-state index in [0.29, 0.717) is 62.9 Å². The van der Waals surface area contributed by atoms with Crippen molar-refractivity contribution >= 4 is 43.4 Å². The summed E-state index contributed by atoms with van der Waals surface area (Å²) in [6.07, 6.45) is 7.80. The zero-order valence-electron chi connectivity index (χ0n) is 20.6. The van der Waals surface area contributed by atoms with Gasteiger partial charge >= 0.3 is 18.1 Å². The van der Waals surface area contributed by atoms with Gasteiger partial charge in [0.25, 0.3) is 0 Å². The first-order valence-electron chi connectivity index (χ1n) is 12.7. The second-order valence-corrected chi connectivity index (χ2v) is 11.9. The van der Waals surface area contributed by atoms with Crippen LogP contribution in [0, 0.1) is 23.7 Å². The number of carbonyl (C=O) groups excluding carboxylic acids is 3. The maximum atomic E-state index is 12.0. The van der Waals surface area contributed by atoms with Crippen molar-refractivity contribution in [3.63, 3.8) is 0 Å². The van der Waals surface area contributed by atoms with Crippen LogP contribution in [-0.4, -0.2) is 55.0 Å². The summed E-state index contributed by atoms with van der Waals surface area (Å²) in [5.74, 6) is 1.06. The van der Waals surface area contributed by atoms with Crippen molar-refractivity contribution in [2.45, 2.75) is 88.6 Å². The lowest BCUT2D eigenvalue weighted by atomic mass is 9.83. The topological polar surface area (TPSA) is 88.1 Å². The summed E-state index contributed by atoms with van der Waals surface area (Å²) in [6.45, 7) is 5.44. The number of ether oxygens (including phenoxy) is 4. The normalized spacial score (nSPS) is 26.7. The molecule has 0 N–H and O–H groups in total. The largest absolute Gasteiger partial charge is 0.508 e. The van der Waals surface area contributed by atoms with Gasteiger partial charge < -0.3 is 18.9 Å². The fourth-order valence-corrected chi connectivity index (χ4v) is 4.86. The van der Waals surface area contributed by atoms with Gasteiger partial charge in [-0.1, -0.05) is 13.8 Å². The molecule has 0 aromatic rings. The Morgan fingerprint density at radius 1 is 0.588 bits per heavy atom. The summed E-state index contributed by atoms with van der Waals surface area (Å²) in [5, 5.41) is 0.0256. The second-order valence-electron chi connectivity index (χ2n) is 10.1. The highest BCUT2D eigenvalue weighted by molar-refractivity contribution is 7.81. The van der Waals surface area contributed by atoms with Crippen LogP contribution in [0.4, 0.5) is 4.79 Å². The molecule has 2 aliphatic rings. The van der Waals surface area contributed by atoms with Gasteiger partial charge in [-0.05, 0) is 75.0 Å². The first-order valence-corrected chi connectivity index (χ1v) is 13.7. The standard InChI is InChI=1S/C25H42O7S2/c1-17(33)11-23(26)29-13-19-3-7-21(8-4-19)15-31-25(28)32-16-22-9-5-20(6-10-22)14-30-24(27)12-18(2)34/h17-22,33-34H,3-16H2,1-2H3. The molecule has 2 saturated carbocycles. The first kappa shape index (κ1) is 29.1. The molecule has 9 heteroatoms. The molecular formula is C25H42O7S2. The van der Waals surface area contributed by atoms with Gasteiger partial charge in [-0.25, -0.2) is 4.79 Å². The Morgan fingerprint density at radius 2 is 0.853 bits per heavy atom. The minimum Gasteiger partial charge on any atom is -0.465 e. The van der Waals surface area contributed by atoms with E-state index in [4.69, 9.17) is 18.9 Å². The molecule has 2 unspecified atom stereocenters. The predicted octanol–water partition coefficient (Wildman–Crippen LogP) is 5.26. The van der Waals surface area contributed by atoms with E-state index < -0.39 is 6.16 Å². The molecule has 0 heterocycles. The molecule has 0 aromatic carbocycles. The average molecular weight is 519 g/mol. The summed E-state index contributed by atoms with van der Waals surface area (Å²) in [7, 11) is 0. The van der Waals surface area contributed by atoms with Crippen LogP contribution in [0.2, 0.25) is 0 Å². The summed E-state index contributed by atoms with van der Waals surface area (Å²) in [4.78, 5) is 35.3. The van der Waals surface area contributed by atoms with E-state index in [-0.39, 0.29) is 22.4 Å². The number of carbonyl (C=O) groups is 3. The van der Waals surface area contributed by atoms with Crippen LogP contribution >= 0.6 is 25.3 Å². The van der Waals surface area contributed by atoms with Crippen LogP contribution in [0.5, 0.6) is 0 Å². The Kier molecular flexibility index (Phi) is 13.6. The highest BCUT2D eigenvalue weighted by Crippen LogP contribution is 2.31. The Labute approximate surface area is 215 Å². The molecule has 2 fully saturated rings. The van der Waals surface area contributed by atoms with Crippen molar-refractivity contribution in [1.82, 2.24) is 0 Å². The number of thiol groups is 2. The molecule has 2 atom stereocenters. The SMILES string of the molecule is CC(S)CC(=O)OCC1CCC(COC(=O)OCC2CCC(COC(=O)CC(C)S)CC2)CC1. The highest BCUT2D eigenvalue weighted by atomic mass is 32.1. The third-order valence-electron chi connectivity index (χ3n) is 6.69. The number of hydrogen-bond acceptors (Lipinski definition) is 9. The molecule has 0 spiro atoms. The van der Waals surface area contributed by atoms with Crippen molar-refractivity contribution in [3.05, 3.63) is 0 Å². The summed E-state index contributed by atoms with van der Waals surface area (Å²) in [5.41, 5.74) is 0. The Balaban J connectivity index is 1.49. The quantitative estimate of drug-likeness (QED) is 0.207. The Bertz CT molecular complexity index is 573. The lowest BCUT2D eigenvalue weighted by Gasteiger charge is -2.28. The second kappa shape index (κ2) is 15.8. The van der Waals surface area contributed by atoms with E-state index in [9.17, 15) is 14.4 Å². The molecule has 0 amide bonds. The van der Waals surface area contributed by atoms with E-state index in [1.807, 2.05) is 13.8 Å². The maximum absolute atomic E-state index is 12.0. The molecular weight excluding hydrogens is 476 g/mol. The Hall–Kier alpha value is -1.09. The molecule has 2 aliphatic carbocycles. The van der Waals surface area contributed by atoms with Gasteiger partial charge in [-0.3, -0.25) is 9.59 Å². The van der Waals surface area contributed by atoms with Crippen molar-refractivity contribution in [2.75, 3.05) is 26.4 Å². The van der Waals surface area contributed by atoms with Crippen LogP contribution in [0.1, 0.15) is 78.1 Å². The first-order chi connectivity index (χ1) is 16.2. The fourth-order valence-electron chi connectivity index (χ4n) is 4.56. The monoisotopic (exact) mass is 518 g/mol. The van der Waals surface area contributed by atoms with Crippen molar-refractivity contribution in [2.24, 2.45) is 23.7 Å². The van der Waals surface area contributed by atoms with Gasteiger partial charge in [0.1, 0.15) is 0 Å².